The minimum atomic E-state index is -0.918. The average molecular weight is 463 g/mol. The van der Waals surface area contributed by atoms with Crippen molar-refractivity contribution >= 4 is 43.4 Å². The number of nitrogens with one attached hydrogen (secondary N) is 1. The second-order valence-electron chi connectivity index (χ2n) is 7.17. The molecule has 0 spiro atoms. The van der Waals surface area contributed by atoms with Crippen molar-refractivity contribution < 1.29 is 18.3 Å². The van der Waals surface area contributed by atoms with Crippen LogP contribution in [-0.4, -0.2) is 22.6 Å². The Morgan fingerprint density at radius 1 is 1.06 bits per heavy atom. The van der Waals surface area contributed by atoms with Crippen molar-refractivity contribution in [1.29, 1.82) is 0 Å². The molecule has 1 amide bonds. The summed E-state index contributed by atoms with van der Waals surface area (Å²) in [7, 11) is 1.56. The highest BCUT2D eigenvalue weighted by Crippen LogP contribution is 2.30. The van der Waals surface area contributed by atoms with Gasteiger partial charge in [0.2, 0.25) is 0 Å². The molecule has 2 heterocycles. The maximum Gasteiger partial charge on any atom is 0.263 e. The lowest BCUT2D eigenvalue weighted by Gasteiger charge is -2.12. The van der Waals surface area contributed by atoms with E-state index in [1.165, 1.54) is 17.5 Å². The Morgan fingerprint density at radius 2 is 1.85 bits per heavy atom. The summed E-state index contributed by atoms with van der Waals surface area (Å²) < 4.78 is 34.9. The topological polar surface area (TPSA) is 73.2 Å². The first-order valence-corrected chi connectivity index (χ1v) is 10.6. The van der Waals surface area contributed by atoms with Gasteiger partial charge in [0, 0.05) is 23.0 Å². The number of carbonyl (C=O) groups is 1. The van der Waals surface area contributed by atoms with Crippen LogP contribution >= 0.6 is 11.3 Å². The van der Waals surface area contributed by atoms with E-state index in [1.54, 1.807) is 43.5 Å². The number of aromatic nitrogens is 2. The Labute approximate surface area is 189 Å². The molecule has 0 saturated carbocycles. The number of benzene rings is 3. The number of fused-ring (bicyclic) bond motifs is 2. The number of rotatable bonds is 4. The third-order valence-corrected chi connectivity index (χ3v) is 6.09. The molecule has 0 radical (unpaired) electrons. The van der Waals surface area contributed by atoms with Crippen molar-refractivity contribution in [1.82, 2.24) is 9.55 Å². The molecule has 3 aromatic carbocycles. The Morgan fingerprint density at radius 3 is 2.61 bits per heavy atom. The summed E-state index contributed by atoms with van der Waals surface area (Å²) in [6.07, 6.45) is 1.26. The molecule has 2 aromatic heterocycles. The van der Waals surface area contributed by atoms with Crippen molar-refractivity contribution in [2.75, 3.05) is 12.4 Å². The van der Waals surface area contributed by atoms with Crippen LogP contribution in [0.25, 0.3) is 26.7 Å². The van der Waals surface area contributed by atoms with Gasteiger partial charge >= 0.3 is 0 Å². The fraction of sp³-hybridized carbons (Fsp3) is 0.0417. The molecule has 0 aliphatic heterocycles. The quantitative estimate of drug-likeness (QED) is 0.401. The van der Waals surface area contributed by atoms with E-state index in [0.29, 0.717) is 27.9 Å². The summed E-state index contributed by atoms with van der Waals surface area (Å²) in [5.74, 6) is -1.54. The van der Waals surface area contributed by atoms with Gasteiger partial charge in [-0.15, -0.1) is 0 Å². The van der Waals surface area contributed by atoms with Crippen LogP contribution in [0, 0.1) is 11.6 Å². The minimum Gasteiger partial charge on any atom is -0.497 e. The number of halogens is 2. The number of anilines is 1. The van der Waals surface area contributed by atoms with Crippen LogP contribution < -0.4 is 15.6 Å². The molecule has 0 atom stereocenters. The van der Waals surface area contributed by atoms with Gasteiger partial charge in [-0.1, -0.05) is 29.5 Å². The van der Waals surface area contributed by atoms with Crippen LogP contribution in [0.15, 0.2) is 71.7 Å². The number of hydrogen-bond donors (Lipinski definition) is 1. The summed E-state index contributed by atoms with van der Waals surface area (Å²) in [6, 6.07) is 14.8. The van der Waals surface area contributed by atoms with E-state index in [1.807, 2.05) is 6.07 Å². The summed E-state index contributed by atoms with van der Waals surface area (Å²) in [5.41, 5.74) is 0.151. The first-order valence-electron chi connectivity index (χ1n) is 9.80. The summed E-state index contributed by atoms with van der Waals surface area (Å²) in [6.45, 7) is 0. The van der Waals surface area contributed by atoms with E-state index in [9.17, 15) is 18.4 Å². The molecule has 33 heavy (non-hydrogen) atoms. The van der Waals surface area contributed by atoms with Crippen molar-refractivity contribution in [2.24, 2.45) is 0 Å². The third-order valence-electron chi connectivity index (χ3n) is 5.15. The third kappa shape index (κ3) is 3.72. The van der Waals surface area contributed by atoms with Crippen molar-refractivity contribution in [3.05, 3.63) is 94.4 Å². The fourth-order valence-corrected chi connectivity index (χ4v) is 4.47. The number of methoxy groups -OCH3 is 1. The van der Waals surface area contributed by atoms with Crippen LogP contribution in [0.2, 0.25) is 0 Å². The predicted octanol–water partition coefficient (Wildman–Crippen LogP) is 5.14. The lowest BCUT2D eigenvalue weighted by molar-refractivity contribution is 0.102. The molecule has 0 bridgehead atoms. The number of nitrogens with zero attached hydrogens (tertiary/aromatic N) is 2. The predicted molar refractivity (Wildman–Crippen MR) is 124 cm³/mol. The zero-order valence-corrected chi connectivity index (χ0v) is 18.0. The summed E-state index contributed by atoms with van der Waals surface area (Å²) >= 11 is 1.27. The molecule has 5 aromatic rings. The van der Waals surface area contributed by atoms with Crippen molar-refractivity contribution in [3.8, 4) is 11.4 Å². The number of carbonyl (C=O) groups excluding carboxylic acids is 1. The maximum atomic E-state index is 14.5. The molecule has 164 valence electrons. The largest absolute Gasteiger partial charge is 0.497 e. The van der Waals surface area contributed by atoms with E-state index in [-0.39, 0.29) is 16.6 Å². The van der Waals surface area contributed by atoms with Crippen molar-refractivity contribution in [2.45, 2.75) is 0 Å². The molecule has 5 rings (SSSR count). The zero-order chi connectivity index (χ0) is 23.1. The Hall–Kier alpha value is -4.11. The van der Waals surface area contributed by atoms with Crippen LogP contribution in [-0.2, 0) is 0 Å². The minimum absolute atomic E-state index is 0.144. The molecule has 0 fully saturated rings. The van der Waals surface area contributed by atoms with Gasteiger partial charge in [-0.25, -0.2) is 13.8 Å². The monoisotopic (exact) mass is 463 g/mol. The summed E-state index contributed by atoms with van der Waals surface area (Å²) in [4.78, 5) is 30.7. The van der Waals surface area contributed by atoms with Gasteiger partial charge < -0.3 is 4.74 Å². The molecule has 0 saturated heterocycles. The van der Waals surface area contributed by atoms with Gasteiger partial charge in [-0.3, -0.25) is 19.5 Å². The number of amides is 1. The van der Waals surface area contributed by atoms with Gasteiger partial charge in [-0.2, -0.15) is 0 Å². The highest BCUT2D eigenvalue weighted by Gasteiger charge is 2.18. The van der Waals surface area contributed by atoms with E-state index in [2.05, 4.69) is 10.3 Å². The smallest absolute Gasteiger partial charge is 0.263 e. The molecule has 1 N–H and O–H groups in total. The molecule has 9 heteroatoms. The SMILES string of the molecule is COc1ccc2nc(NC(=O)c3cn(-c4ccc(F)cc4F)c(=O)c4ccccc34)sc2c1. The van der Waals surface area contributed by atoms with Gasteiger partial charge in [0.15, 0.2) is 5.13 Å². The van der Waals surface area contributed by atoms with E-state index < -0.39 is 23.1 Å². The molecular weight excluding hydrogens is 448 g/mol. The number of hydrogen-bond acceptors (Lipinski definition) is 5. The number of thiazole rings is 1. The standard InChI is InChI=1S/C24H15F2N3O3S/c1-32-14-7-8-19-21(11-14)33-24(27-19)28-22(30)17-12-29(20-9-6-13(25)10-18(20)26)23(31)16-5-3-2-4-15(16)17/h2-12H,1H3,(H,27,28,30). The first kappa shape index (κ1) is 20.8. The Kier molecular flexibility index (Phi) is 5.10. The van der Waals surface area contributed by atoms with Gasteiger partial charge in [0.25, 0.3) is 11.5 Å². The van der Waals surface area contributed by atoms with E-state index in [0.717, 1.165) is 21.4 Å². The average Bonchev–Trinajstić information content (AvgIpc) is 3.21. The molecule has 0 aliphatic rings. The van der Waals surface area contributed by atoms with Crippen LogP contribution in [0.3, 0.4) is 0 Å². The molecule has 0 aliphatic carbocycles. The second-order valence-corrected chi connectivity index (χ2v) is 8.20. The van der Waals surface area contributed by atoms with Crippen LogP contribution in [0.1, 0.15) is 10.4 Å². The van der Waals surface area contributed by atoms with E-state index in [4.69, 9.17) is 4.74 Å². The highest BCUT2D eigenvalue weighted by molar-refractivity contribution is 7.22. The van der Waals surface area contributed by atoms with Crippen molar-refractivity contribution in [3.63, 3.8) is 0 Å². The lowest BCUT2D eigenvalue weighted by Crippen LogP contribution is -2.23. The van der Waals surface area contributed by atoms with Gasteiger partial charge in [-0.05, 0) is 36.4 Å². The number of ether oxygens (including phenoxy) is 1. The van der Waals surface area contributed by atoms with E-state index >= 15 is 0 Å². The fourth-order valence-electron chi connectivity index (χ4n) is 3.58. The highest BCUT2D eigenvalue weighted by atomic mass is 32.1. The van der Waals surface area contributed by atoms with Crippen LogP contribution in [0.4, 0.5) is 13.9 Å². The molecule has 6 nitrogen and oxygen atoms in total. The number of pyridine rings is 1. The second kappa shape index (κ2) is 8.10. The Balaban J connectivity index is 1.62. The van der Waals surface area contributed by atoms with Crippen LogP contribution in [0.5, 0.6) is 5.75 Å². The first-order chi connectivity index (χ1) is 15.9. The normalized spacial score (nSPS) is 11.1. The zero-order valence-electron chi connectivity index (χ0n) is 17.1. The maximum absolute atomic E-state index is 14.5. The Bertz CT molecular complexity index is 1610. The lowest BCUT2D eigenvalue weighted by atomic mass is 10.1. The summed E-state index contributed by atoms with van der Waals surface area (Å²) in [5, 5.41) is 3.75. The van der Waals surface area contributed by atoms with Gasteiger partial charge in [0.05, 0.1) is 28.6 Å². The molecular formula is C24H15F2N3O3S. The van der Waals surface area contributed by atoms with Gasteiger partial charge in [0.1, 0.15) is 17.4 Å². The molecule has 0 unspecified atom stereocenters.